The molecule has 3 nitrogen and oxygen atoms in total. The normalized spacial score (nSPS) is 23.8. The standard InChI is InChI=1S/C17H26ClNO2/c1-12-6-3-4-9-16(12)21-11-14(20)10-19-17-13(2)7-5-8-15(17)18/h5,7-8,12,14,16,19-20H,3-4,6,9-11H2,1-2H3. The van der Waals surface area contributed by atoms with E-state index in [4.69, 9.17) is 16.3 Å². The Morgan fingerprint density at radius 2 is 2.14 bits per heavy atom. The predicted octanol–water partition coefficient (Wildman–Crippen LogP) is 4.02. The van der Waals surface area contributed by atoms with Crippen LogP contribution >= 0.6 is 11.6 Å². The highest BCUT2D eigenvalue weighted by molar-refractivity contribution is 6.33. The summed E-state index contributed by atoms with van der Waals surface area (Å²) in [6.45, 7) is 5.07. The maximum absolute atomic E-state index is 10.1. The largest absolute Gasteiger partial charge is 0.389 e. The lowest BCUT2D eigenvalue weighted by Gasteiger charge is -2.29. The van der Waals surface area contributed by atoms with Crippen LogP contribution in [0.3, 0.4) is 0 Å². The third kappa shape index (κ3) is 4.87. The molecular formula is C17H26ClNO2. The maximum atomic E-state index is 10.1. The lowest BCUT2D eigenvalue weighted by atomic mass is 9.88. The first-order valence-electron chi connectivity index (χ1n) is 7.86. The van der Waals surface area contributed by atoms with Gasteiger partial charge < -0.3 is 15.2 Å². The Morgan fingerprint density at radius 3 is 2.86 bits per heavy atom. The number of aliphatic hydroxyl groups excluding tert-OH is 1. The monoisotopic (exact) mass is 311 g/mol. The second-order valence-electron chi connectivity index (χ2n) is 6.10. The molecule has 2 rings (SSSR count). The van der Waals surface area contributed by atoms with E-state index in [9.17, 15) is 5.11 Å². The van der Waals surface area contributed by atoms with Gasteiger partial charge in [-0.15, -0.1) is 0 Å². The Labute approximate surface area is 132 Å². The van der Waals surface area contributed by atoms with Crippen molar-refractivity contribution in [1.29, 1.82) is 0 Å². The van der Waals surface area contributed by atoms with Crippen molar-refractivity contribution in [1.82, 2.24) is 0 Å². The molecule has 1 aliphatic rings. The number of rotatable bonds is 6. The van der Waals surface area contributed by atoms with Gasteiger partial charge in [-0.1, -0.05) is 43.5 Å². The van der Waals surface area contributed by atoms with Crippen LogP contribution in [0, 0.1) is 12.8 Å². The highest BCUT2D eigenvalue weighted by atomic mass is 35.5. The highest BCUT2D eigenvalue weighted by Crippen LogP contribution is 2.27. The topological polar surface area (TPSA) is 41.5 Å². The Kier molecular flexibility index (Phi) is 6.34. The van der Waals surface area contributed by atoms with Gasteiger partial charge in [0.1, 0.15) is 0 Å². The number of aryl methyl sites for hydroxylation is 1. The van der Waals surface area contributed by atoms with Gasteiger partial charge in [0.15, 0.2) is 0 Å². The number of benzene rings is 1. The second kappa shape index (κ2) is 8.02. The van der Waals surface area contributed by atoms with Crippen molar-refractivity contribution in [2.75, 3.05) is 18.5 Å². The van der Waals surface area contributed by atoms with Crippen LogP contribution in [0.4, 0.5) is 5.69 Å². The smallest absolute Gasteiger partial charge is 0.0945 e. The van der Waals surface area contributed by atoms with E-state index in [1.165, 1.54) is 19.3 Å². The van der Waals surface area contributed by atoms with Crippen LogP contribution in [0.25, 0.3) is 0 Å². The lowest BCUT2D eigenvalue weighted by Crippen LogP contribution is -2.32. The van der Waals surface area contributed by atoms with Gasteiger partial charge in [0.05, 0.1) is 29.5 Å². The molecule has 1 aromatic rings. The van der Waals surface area contributed by atoms with Crippen LogP contribution in [0.1, 0.15) is 38.2 Å². The summed E-state index contributed by atoms with van der Waals surface area (Å²) >= 11 is 6.16. The molecule has 1 fully saturated rings. The molecule has 21 heavy (non-hydrogen) atoms. The first-order valence-corrected chi connectivity index (χ1v) is 8.24. The maximum Gasteiger partial charge on any atom is 0.0945 e. The van der Waals surface area contributed by atoms with Crippen LogP contribution in [0.5, 0.6) is 0 Å². The van der Waals surface area contributed by atoms with Gasteiger partial charge in [0.2, 0.25) is 0 Å². The first kappa shape index (κ1) is 16.6. The fourth-order valence-electron chi connectivity index (χ4n) is 2.90. The molecule has 1 saturated carbocycles. The number of anilines is 1. The Balaban J connectivity index is 1.76. The number of ether oxygens (including phenoxy) is 1. The van der Waals surface area contributed by atoms with Crippen molar-refractivity contribution in [2.45, 2.75) is 51.7 Å². The molecule has 2 N–H and O–H groups in total. The number of halogens is 1. The minimum absolute atomic E-state index is 0.301. The molecule has 0 radical (unpaired) electrons. The van der Waals surface area contributed by atoms with Crippen molar-refractivity contribution in [3.8, 4) is 0 Å². The van der Waals surface area contributed by atoms with Crippen molar-refractivity contribution < 1.29 is 9.84 Å². The minimum Gasteiger partial charge on any atom is -0.389 e. The zero-order chi connectivity index (χ0) is 15.2. The minimum atomic E-state index is -0.519. The first-order chi connectivity index (χ1) is 10.1. The summed E-state index contributed by atoms with van der Waals surface area (Å²) in [7, 11) is 0. The molecule has 1 aliphatic carbocycles. The summed E-state index contributed by atoms with van der Waals surface area (Å²) in [5, 5.41) is 14.0. The Morgan fingerprint density at radius 1 is 1.38 bits per heavy atom. The molecule has 0 amide bonds. The third-order valence-electron chi connectivity index (χ3n) is 4.27. The Bertz CT molecular complexity index is 432. The van der Waals surface area contributed by atoms with E-state index in [2.05, 4.69) is 12.2 Å². The molecule has 1 aromatic carbocycles. The molecule has 0 bridgehead atoms. The van der Waals surface area contributed by atoms with Gasteiger partial charge in [-0.2, -0.15) is 0 Å². The molecule has 4 heteroatoms. The van der Waals surface area contributed by atoms with Gasteiger partial charge >= 0.3 is 0 Å². The van der Waals surface area contributed by atoms with E-state index in [0.29, 0.717) is 30.2 Å². The van der Waals surface area contributed by atoms with E-state index in [0.717, 1.165) is 17.7 Å². The van der Waals surface area contributed by atoms with E-state index >= 15 is 0 Å². The van der Waals surface area contributed by atoms with Crippen molar-refractivity contribution >= 4 is 17.3 Å². The van der Waals surface area contributed by atoms with Crippen LogP contribution in [0.2, 0.25) is 5.02 Å². The molecule has 3 atom stereocenters. The van der Waals surface area contributed by atoms with Gasteiger partial charge in [-0.05, 0) is 37.3 Å². The molecule has 0 aliphatic heterocycles. The predicted molar refractivity (Wildman–Crippen MR) is 88.1 cm³/mol. The summed E-state index contributed by atoms with van der Waals surface area (Å²) < 4.78 is 5.88. The summed E-state index contributed by atoms with van der Waals surface area (Å²) in [5.74, 6) is 0.602. The highest BCUT2D eigenvalue weighted by Gasteiger charge is 2.22. The van der Waals surface area contributed by atoms with Gasteiger partial charge in [0.25, 0.3) is 0 Å². The molecule has 3 unspecified atom stereocenters. The molecule has 118 valence electrons. The van der Waals surface area contributed by atoms with Crippen LogP contribution in [0.15, 0.2) is 18.2 Å². The zero-order valence-corrected chi connectivity index (χ0v) is 13.7. The molecular weight excluding hydrogens is 286 g/mol. The zero-order valence-electron chi connectivity index (χ0n) is 12.9. The van der Waals surface area contributed by atoms with Gasteiger partial charge in [-0.25, -0.2) is 0 Å². The SMILES string of the molecule is Cc1cccc(Cl)c1NCC(O)COC1CCCCC1C. The quantitative estimate of drug-likeness (QED) is 0.834. The number of aliphatic hydroxyl groups is 1. The summed E-state index contributed by atoms with van der Waals surface area (Å²) in [6, 6.07) is 5.77. The van der Waals surface area contributed by atoms with Crippen LogP contribution in [-0.4, -0.2) is 30.5 Å². The summed E-state index contributed by atoms with van der Waals surface area (Å²) in [5.41, 5.74) is 1.97. The van der Waals surface area contributed by atoms with Crippen LogP contribution < -0.4 is 5.32 Å². The number of hydrogen-bond acceptors (Lipinski definition) is 3. The van der Waals surface area contributed by atoms with Gasteiger partial charge in [-0.3, -0.25) is 0 Å². The fourth-order valence-corrected chi connectivity index (χ4v) is 3.19. The van der Waals surface area contributed by atoms with Crippen molar-refractivity contribution in [3.63, 3.8) is 0 Å². The van der Waals surface area contributed by atoms with E-state index in [-0.39, 0.29) is 0 Å². The van der Waals surface area contributed by atoms with Crippen molar-refractivity contribution in [3.05, 3.63) is 28.8 Å². The van der Waals surface area contributed by atoms with E-state index in [1.807, 2.05) is 25.1 Å². The average molecular weight is 312 g/mol. The van der Waals surface area contributed by atoms with Crippen LogP contribution in [-0.2, 0) is 4.74 Å². The molecule has 0 aromatic heterocycles. The number of hydrogen-bond donors (Lipinski definition) is 2. The van der Waals surface area contributed by atoms with E-state index < -0.39 is 6.10 Å². The fraction of sp³-hybridized carbons (Fsp3) is 0.647. The lowest BCUT2D eigenvalue weighted by molar-refractivity contribution is -0.0424. The number of nitrogens with one attached hydrogen (secondary N) is 1. The second-order valence-corrected chi connectivity index (χ2v) is 6.51. The molecule has 0 saturated heterocycles. The number of para-hydroxylation sites is 1. The summed E-state index contributed by atoms with van der Waals surface area (Å²) in [4.78, 5) is 0. The Hall–Kier alpha value is -0.770. The van der Waals surface area contributed by atoms with Gasteiger partial charge in [0, 0.05) is 6.54 Å². The average Bonchev–Trinajstić information content (AvgIpc) is 2.46. The van der Waals surface area contributed by atoms with E-state index in [1.54, 1.807) is 0 Å². The molecule has 0 heterocycles. The summed E-state index contributed by atoms with van der Waals surface area (Å²) in [6.07, 6.45) is 4.67. The third-order valence-corrected chi connectivity index (χ3v) is 4.59. The molecule has 0 spiro atoms. The van der Waals surface area contributed by atoms with Crippen molar-refractivity contribution in [2.24, 2.45) is 5.92 Å².